The van der Waals surface area contributed by atoms with Gasteiger partial charge in [-0.2, -0.15) is 0 Å². The Morgan fingerprint density at radius 3 is 2.53 bits per heavy atom. The second-order valence-corrected chi connectivity index (χ2v) is 4.10. The first-order valence-corrected chi connectivity index (χ1v) is 6.39. The van der Waals surface area contributed by atoms with E-state index in [-0.39, 0.29) is 12.5 Å². The van der Waals surface area contributed by atoms with Gasteiger partial charge in [-0.15, -0.1) is 0 Å². The molecule has 0 fully saturated rings. The molecule has 19 heavy (non-hydrogen) atoms. The van der Waals surface area contributed by atoms with Gasteiger partial charge >= 0.3 is 0 Å². The van der Waals surface area contributed by atoms with Crippen LogP contribution in [0.1, 0.15) is 12.5 Å². The Morgan fingerprint density at radius 1 is 1.32 bits per heavy atom. The van der Waals surface area contributed by atoms with Gasteiger partial charge in [0.15, 0.2) is 6.61 Å². The molecule has 0 saturated heterocycles. The third-order valence-corrected chi connectivity index (χ3v) is 2.82. The van der Waals surface area contributed by atoms with Crippen LogP contribution in [0, 0.1) is 0 Å². The monoisotopic (exact) mass is 266 g/mol. The van der Waals surface area contributed by atoms with Gasteiger partial charge < -0.3 is 20.1 Å². The minimum Gasteiger partial charge on any atom is -0.484 e. The zero-order valence-electron chi connectivity index (χ0n) is 11.6. The molecule has 2 N–H and O–H groups in total. The lowest BCUT2D eigenvalue weighted by atomic mass is 10.2. The lowest BCUT2D eigenvalue weighted by molar-refractivity contribution is -0.133. The van der Waals surface area contributed by atoms with Crippen LogP contribution >= 0.6 is 0 Å². The van der Waals surface area contributed by atoms with Crippen molar-refractivity contribution in [2.24, 2.45) is 5.73 Å². The molecule has 0 aliphatic rings. The highest BCUT2D eigenvalue weighted by atomic mass is 16.5. The Bertz CT molecular complexity index is 379. The maximum Gasteiger partial charge on any atom is 0.260 e. The molecule has 0 spiro atoms. The van der Waals surface area contributed by atoms with Crippen molar-refractivity contribution in [1.29, 1.82) is 0 Å². The average molecular weight is 266 g/mol. The number of ether oxygens (including phenoxy) is 2. The average Bonchev–Trinajstić information content (AvgIpc) is 2.46. The van der Waals surface area contributed by atoms with Crippen molar-refractivity contribution in [3.63, 3.8) is 0 Å². The number of carbonyl (C=O) groups is 1. The van der Waals surface area contributed by atoms with Crippen LogP contribution in [-0.2, 0) is 16.1 Å². The van der Waals surface area contributed by atoms with E-state index in [9.17, 15) is 4.79 Å². The summed E-state index contributed by atoms with van der Waals surface area (Å²) in [5.74, 6) is 0.635. The Labute approximate surface area is 114 Å². The summed E-state index contributed by atoms with van der Waals surface area (Å²) in [6, 6.07) is 7.42. The van der Waals surface area contributed by atoms with Crippen LogP contribution < -0.4 is 10.5 Å². The Kier molecular flexibility index (Phi) is 6.92. The van der Waals surface area contributed by atoms with E-state index in [2.05, 4.69) is 0 Å². The van der Waals surface area contributed by atoms with Crippen molar-refractivity contribution in [3.8, 4) is 5.75 Å². The molecule has 0 radical (unpaired) electrons. The molecule has 1 aromatic carbocycles. The molecule has 5 heteroatoms. The fourth-order valence-corrected chi connectivity index (χ4v) is 1.62. The molecule has 1 aromatic rings. The van der Waals surface area contributed by atoms with Crippen molar-refractivity contribution >= 4 is 5.91 Å². The number of likely N-dealkylation sites (N-methyl/N-ethyl adjacent to an activating group) is 1. The topological polar surface area (TPSA) is 64.8 Å². The summed E-state index contributed by atoms with van der Waals surface area (Å²) in [5, 5.41) is 0. The first-order valence-electron chi connectivity index (χ1n) is 6.39. The number of carbonyl (C=O) groups excluding carboxylic acids is 1. The largest absolute Gasteiger partial charge is 0.484 e. The number of hydrogen-bond donors (Lipinski definition) is 1. The Hall–Kier alpha value is -1.59. The normalized spacial score (nSPS) is 10.3. The lowest BCUT2D eigenvalue weighted by Gasteiger charge is -2.20. The van der Waals surface area contributed by atoms with Gasteiger partial charge in [-0.05, 0) is 24.6 Å². The fraction of sp³-hybridized carbons (Fsp3) is 0.500. The highest BCUT2D eigenvalue weighted by Gasteiger charge is 2.11. The minimum atomic E-state index is -0.0394. The lowest BCUT2D eigenvalue weighted by Crippen LogP contribution is -2.37. The van der Waals surface area contributed by atoms with Crippen LogP contribution in [-0.4, -0.2) is 44.2 Å². The molecule has 0 aliphatic heterocycles. The highest BCUT2D eigenvalue weighted by Crippen LogP contribution is 2.11. The van der Waals surface area contributed by atoms with Crippen molar-refractivity contribution < 1.29 is 14.3 Å². The van der Waals surface area contributed by atoms with E-state index in [1.807, 2.05) is 31.2 Å². The van der Waals surface area contributed by atoms with Gasteiger partial charge in [0.1, 0.15) is 5.75 Å². The highest BCUT2D eigenvalue weighted by molar-refractivity contribution is 5.77. The molecule has 0 unspecified atom stereocenters. The van der Waals surface area contributed by atoms with E-state index < -0.39 is 0 Å². The predicted molar refractivity (Wildman–Crippen MR) is 74.0 cm³/mol. The van der Waals surface area contributed by atoms with Gasteiger partial charge in [-0.1, -0.05) is 12.1 Å². The van der Waals surface area contributed by atoms with Crippen molar-refractivity contribution in [1.82, 2.24) is 4.90 Å². The predicted octanol–water partition coefficient (Wildman–Crippen LogP) is 1.02. The number of rotatable bonds is 8. The zero-order valence-corrected chi connectivity index (χ0v) is 11.6. The smallest absolute Gasteiger partial charge is 0.260 e. The van der Waals surface area contributed by atoms with E-state index in [0.717, 1.165) is 5.56 Å². The number of benzene rings is 1. The first-order chi connectivity index (χ1) is 9.21. The van der Waals surface area contributed by atoms with Crippen molar-refractivity contribution in [2.75, 3.05) is 33.4 Å². The molecule has 0 aromatic heterocycles. The summed E-state index contributed by atoms with van der Waals surface area (Å²) in [4.78, 5) is 13.6. The molecule has 1 amide bonds. The van der Waals surface area contributed by atoms with E-state index in [1.165, 1.54) is 0 Å². The fourth-order valence-electron chi connectivity index (χ4n) is 1.62. The molecule has 0 saturated carbocycles. The van der Waals surface area contributed by atoms with Gasteiger partial charge in [0.05, 0.1) is 6.61 Å². The van der Waals surface area contributed by atoms with E-state index in [4.69, 9.17) is 15.2 Å². The summed E-state index contributed by atoms with van der Waals surface area (Å²) in [6.07, 6.45) is 0. The van der Waals surface area contributed by atoms with Crippen LogP contribution in [0.2, 0.25) is 0 Å². The Balaban J connectivity index is 2.43. The molecule has 0 atom stereocenters. The van der Waals surface area contributed by atoms with Crippen molar-refractivity contribution in [2.45, 2.75) is 13.5 Å². The van der Waals surface area contributed by atoms with Gasteiger partial charge in [0.2, 0.25) is 0 Å². The Morgan fingerprint density at radius 2 is 2.00 bits per heavy atom. The van der Waals surface area contributed by atoms with E-state index >= 15 is 0 Å². The maximum atomic E-state index is 11.9. The number of hydrogen-bond acceptors (Lipinski definition) is 4. The SMILES string of the molecule is CCN(CCOC)C(=O)COc1ccc(CN)cc1. The maximum absolute atomic E-state index is 11.9. The molecule has 5 nitrogen and oxygen atoms in total. The standard InChI is InChI=1S/C14H22N2O3/c1-3-16(8-9-18-2)14(17)11-19-13-6-4-12(10-15)5-7-13/h4-7H,3,8-11,15H2,1-2H3. The number of nitrogens with zero attached hydrogens (tertiary/aromatic N) is 1. The van der Waals surface area contributed by atoms with E-state index in [0.29, 0.717) is 32.0 Å². The van der Waals surface area contributed by atoms with Gasteiger partial charge in [0.25, 0.3) is 5.91 Å². The number of nitrogens with two attached hydrogens (primary N) is 1. The number of amides is 1. The van der Waals surface area contributed by atoms with Gasteiger partial charge in [-0.25, -0.2) is 0 Å². The van der Waals surface area contributed by atoms with Crippen LogP contribution in [0.5, 0.6) is 5.75 Å². The van der Waals surface area contributed by atoms with Crippen LogP contribution in [0.25, 0.3) is 0 Å². The van der Waals surface area contributed by atoms with Crippen LogP contribution in [0.3, 0.4) is 0 Å². The zero-order chi connectivity index (χ0) is 14.1. The third kappa shape index (κ3) is 5.28. The van der Waals surface area contributed by atoms with Crippen LogP contribution in [0.15, 0.2) is 24.3 Å². The summed E-state index contributed by atoms with van der Waals surface area (Å²) < 4.78 is 10.4. The van der Waals surface area contributed by atoms with Gasteiger partial charge in [-0.3, -0.25) is 4.79 Å². The second kappa shape index (κ2) is 8.50. The van der Waals surface area contributed by atoms with Crippen LogP contribution in [0.4, 0.5) is 0 Å². The third-order valence-electron chi connectivity index (χ3n) is 2.82. The first kappa shape index (κ1) is 15.5. The molecule has 0 heterocycles. The summed E-state index contributed by atoms with van der Waals surface area (Å²) in [5.41, 5.74) is 6.55. The summed E-state index contributed by atoms with van der Waals surface area (Å²) in [6.45, 7) is 4.24. The molecule has 0 bridgehead atoms. The molecular formula is C14H22N2O3. The van der Waals surface area contributed by atoms with Gasteiger partial charge in [0, 0.05) is 26.7 Å². The molecule has 106 valence electrons. The molecule has 0 aliphatic carbocycles. The summed E-state index contributed by atoms with van der Waals surface area (Å²) in [7, 11) is 1.62. The second-order valence-electron chi connectivity index (χ2n) is 4.10. The quantitative estimate of drug-likeness (QED) is 0.763. The summed E-state index contributed by atoms with van der Waals surface area (Å²) >= 11 is 0. The number of methoxy groups -OCH3 is 1. The molecular weight excluding hydrogens is 244 g/mol. The minimum absolute atomic E-state index is 0.0394. The molecule has 1 rings (SSSR count). The van der Waals surface area contributed by atoms with E-state index in [1.54, 1.807) is 12.0 Å². The van der Waals surface area contributed by atoms with Crippen molar-refractivity contribution in [3.05, 3.63) is 29.8 Å².